The van der Waals surface area contributed by atoms with Gasteiger partial charge in [-0.05, 0) is 74.1 Å². The Morgan fingerprint density at radius 3 is 1.97 bits per heavy atom. The van der Waals surface area contributed by atoms with Crippen LogP contribution < -0.4 is 26.2 Å². The first-order valence-corrected chi connectivity index (χ1v) is 26.4. The molecule has 67 heavy (non-hydrogen) atoms. The lowest BCUT2D eigenvalue weighted by Crippen LogP contribution is -2.58. The van der Waals surface area contributed by atoms with Crippen LogP contribution in [0, 0.1) is 5.92 Å². The van der Waals surface area contributed by atoms with Crippen LogP contribution in [0.15, 0.2) is 54.6 Å². The van der Waals surface area contributed by atoms with Gasteiger partial charge in [0.05, 0.1) is 0 Å². The molecule has 2 saturated heterocycles. The van der Waals surface area contributed by atoms with Crippen molar-refractivity contribution >= 4 is 43.1 Å². The number of nitrogens with one attached hydrogen (secondary N) is 3. The molecule has 0 radical (unpaired) electrons. The maximum absolute atomic E-state index is 13.3. The molecule has 2 aliphatic rings. The van der Waals surface area contributed by atoms with Crippen molar-refractivity contribution in [2.24, 2.45) is 11.7 Å². The zero-order chi connectivity index (χ0) is 49.0. The van der Waals surface area contributed by atoms with Crippen LogP contribution in [-0.2, 0) is 46.3 Å². The van der Waals surface area contributed by atoms with E-state index < -0.39 is 43.7 Å². The molecular formula is C51H80N5O10P. The molecule has 15 nitrogen and oxygen atoms in total. The number of nitrogens with zero attached hydrogens (tertiary/aromatic N) is 1. The van der Waals surface area contributed by atoms with Crippen molar-refractivity contribution in [3.05, 3.63) is 65.7 Å². The van der Waals surface area contributed by atoms with E-state index in [0.717, 1.165) is 49.7 Å². The summed E-state index contributed by atoms with van der Waals surface area (Å²) in [5.41, 5.74) is 7.21. The minimum atomic E-state index is -4.52. The van der Waals surface area contributed by atoms with Gasteiger partial charge in [-0.25, -0.2) is 4.57 Å². The lowest BCUT2D eigenvalue weighted by Gasteiger charge is -2.35. The number of Topliss-reactive ketones (excluding diaryl/α,β-unsaturated/α-hetero) is 1. The molecule has 0 saturated carbocycles. The van der Waals surface area contributed by atoms with Crippen LogP contribution in [0.3, 0.4) is 0 Å². The van der Waals surface area contributed by atoms with E-state index in [1.807, 2.05) is 30.3 Å². The summed E-state index contributed by atoms with van der Waals surface area (Å²) in [6, 6.07) is 13.6. The fourth-order valence-corrected chi connectivity index (χ4v) is 9.43. The van der Waals surface area contributed by atoms with E-state index in [-0.39, 0.29) is 48.9 Å². The van der Waals surface area contributed by atoms with Gasteiger partial charge in [0.1, 0.15) is 29.7 Å². The summed E-state index contributed by atoms with van der Waals surface area (Å²) in [4.78, 5) is 94.0. The molecular weight excluding hydrogens is 874 g/mol. The average molecular weight is 954 g/mol. The number of phosphoric acid groups is 1. The highest BCUT2D eigenvalue weighted by atomic mass is 31.2. The first-order chi connectivity index (χ1) is 32.1. The number of primary amides is 1. The van der Waals surface area contributed by atoms with Gasteiger partial charge in [0.25, 0.3) is 0 Å². The molecule has 2 fully saturated rings. The minimum Gasteiger partial charge on any atom is -0.404 e. The van der Waals surface area contributed by atoms with E-state index in [2.05, 4.69) is 34.3 Å². The van der Waals surface area contributed by atoms with Gasteiger partial charge < -0.3 is 31.1 Å². The summed E-state index contributed by atoms with van der Waals surface area (Å²) in [6.07, 6.45) is 23.3. The van der Waals surface area contributed by atoms with E-state index >= 15 is 0 Å². The lowest BCUT2D eigenvalue weighted by molar-refractivity contribution is -0.144. The lowest BCUT2D eigenvalue weighted by atomic mass is 9.94. The van der Waals surface area contributed by atoms with Gasteiger partial charge in [-0.2, -0.15) is 0 Å². The van der Waals surface area contributed by atoms with Crippen molar-refractivity contribution < 1.29 is 47.6 Å². The second-order valence-electron chi connectivity index (χ2n) is 18.6. The van der Waals surface area contributed by atoms with E-state index in [1.165, 1.54) is 77.6 Å². The van der Waals surface area contributed by atoms with Gasteiger partial charge in [-0.3, -0.25) is 38.6 Å². The molecule has 4 rings (SSSR count). The molecule has 2 heterocycles. The molecule has 1 unspecified atom stereocenters. The van der Waals surface area contributed by atoms with Gasteiger partial charge in [0.2, 0.25) is 29.5 Å². The topological polar surface area (TPSA) is 235 Å². The van der Waals surface area contributed by atoms with E-state index in [1.54, 1.807) is 29.2 Å². The van der Waals surface area contributed by atoms with Gasteiger partial charge in [0.15, 0.2) is 0 Å². The number of carbonyl (C=O) groups is 6. The molecule has 0 aromatic heterocycles. The molecule has 5 amide bonds. The standard InChI is InChI=1S/C26H45O5P.C25H35N5O5/c1-3-4-5-6-7-8-9-10-11-12-13-14-15-16-25(27)22-23(2)21-24-17-19-26(20-18-24)31-32(28,29)30;1-16(31)28-20-10-6-5-9-18-11-13-21(30(18)25(20)35)24(34)29-19(12-14-22(26)32)23(33)27-15-17-7-3-2-4-8-17/h17-20,23H,3-16,21-22H2,1-2H3,(H2,28,29,30);2-4,7-8,18-21H,5-6,9-15H2,1H3,(H2,26,32)(H,27,33)(H,28,31)(H,29,34)/t23-;18?,19-,20-,21-/m10/s1. The summed E-state index contributed by atoms with van der Waals surface area (Å²) < 4.78 is 15.4. The third kappa shape index (κ3) is 23.8. The fourth-order valence-electron chi connectivity index (χ4n) is 9.03. The van der Waals surface area contributed by atoms with Crippen molar-refractivity contribution in [2.75, 3.05) is 0 Å². The monoisotopic (exact) mass is 954 g/mol. The summed E-state index contributed by atoms with van der Waals surface area (Å²) in [5, 5.41) is 8.27. The number of hydrogen-bond donors (Lipinski definition) is 6. The molecule has 2 aromatic carbocycles. The van der Waals surface area contributed by atoms with Gasteiger partial charge in [-0.1, -0.05) is 146 Å². The average Bonchev–Trinajstić information content (AvgIpc) is 3.70. The number of nitrogens with two attached hydrogens (primary N) is 1. The molecule has 374 valence electrons. The first-order valence-electron chi connectivity index (χ1n) is 24.9. The Hall–Kier alpha value is -4.59. The number of hydrogen-bond acceptors (Lipinski definition) is 8. The SMILES string of the molecule is CC(=O)N[C@H]1CCCCC2CC[C@@H](C(=O)N[C@@H](CCC(N)=O)C(=O)NCc3ccccc3)N2C1=O.CCCCCCCCCCCCCCCC(=O)C[C@H](C)Cc1ccc(OP(=O)(O)O)cc1. The Kier molecular flexibility index (Phi) is 26.6. The smallest absolute Gasteiger partial charge is 0.404 e. The highest BCUT2D eigenvalue weighted by molar-refractivity contribution is 7.46. The zero-order valence-corrected chi connectivity index (χ0v) is 41.3. The Morgan fingerprint density at radius 2 is 1.39 bits per heavy atom. The van der Waals surface area contributed by atoms with Crippen LogP contribution >= 0.6 is 7.82 Å². The Morgan fingerprint density at radius 1 is 0.791 bits per heavy atom. The van der Waals surface area contributed by atoms with Gasteiger partial charge in [0, 0.05) is 38.8 Å². The second-order valence-corrected chi connectivity index (χ2v) is 19.7. The number of unbranched alkanes of at least 4 members (excludes halogenated alkanes) is 12. The largest absolute Gasteiger partial charge is 0.524 e. The Bertz CT molecular complexity index is 1860. The van der Waals surface area contributed by atoms with E-state index in [0.29, 0.717) is 37.9 Å². The number of fused-ring (bicyclic) bond motifs is 1. The number of benzene rings is 2. The van der Waals surface area contributed by atoms with E-state index in [9.17, 15) is 33.3 Å². The van der Waals surface area contributed by atoms with Crippen LogP contribution in [-0.4, -0.2) is 74.2 Å². The number of carbonyl (C=O) groups excluding carboxylic acids is 6. The van der Waals surface area contributed by atoms with E-state index in [4.69, 9.17) is 15.5 Å². The Balaban J connectivity index is 0.000000357. The zero-order valence-electron chi connectivity index (χ0n) is 40.4. The molecule has 5 atom stereocenters. The molecule has 0 aliphatic carbocycles. The van der Waals surface area contributed by atoms with Crippen LogP contribution in [0.1, 0.15) is 180 Å². The summed E-state index contributed by atoms with van der Waals surface area (Å²) in [7, 11) is -4.52. The molecule has 16 heteroatoms. The molecule has 0 spiro atoms. The van der Waals surface area contributed by atoms with Crippen LogP contribution in [0.2, 0.25) is 0 Å². The number of rotatable bonds is 29. The minimum absolute atomic E-state index is 0.0559. The van der Waals surface area contributed by atoms with Crippen molar-refractivity contribution in [1.29, 1.82) is 0 Å². The fraction of sp³-hybridized carbons (Fsp3) is 0.647. The van der Waals surface area contributed by atoms with Gasteiger partial charge >= 0.3 is 7.82 Å². The predicted molar refractivity (Wildman–Crippen MR) is 260 cm³/mol. The Labute approximate surface area is 399 Å². The van der Waals surface area contributed by atoms with Crippen molar-refractivity contribution in [3.8, 4) is 5.75 Å². The first kappa shape index (κ1) is 56.7. The van der Waals surface area contributed by atoms with Gasteiger partial charge in [-0.15, -0.1) is 0 Å². The predicted octanol–water partition coefficient (Wildman–Crippen LogP) is 8.27. The number of amides is 5. The normalized spacial score (nSPS) is 18.0. The highest BCUT2D eigenvalue weighted by Crippen LogP contribution is 2.37. The third-order valence-corrected chi connectivity index (χ3v) is 13.0. The quantitative estimate of drug-likeness (QED) is 0.0337. The third-order valence-electron chi connectivity index (χ3n) is 12.5. The maximum atomic E-state index is 13.3. The second kappa shape index (κ2) is 31.5. The van der Waals surface area contributed by atoms with Crippen LogP contribution in [0.5, 0.6) is 5.75 Å². The molecule has 7 N–H and O–H groups in total. The summed E-state index contributed by atoms with van der Waals surface area (Å²) >= 11 is 0. The molecule has 2 aliphatic heterocycles. The molecule has 0 bridgehead atoms. The molecule has 2 aromatic rings. The summed E-state index contributed by atoms with van der Waals surface area (Å²) in [5.74, 6) is -1.25. The van der Waals surface area contributed by atoms with Crippen LogP contribution in [0.4, 0.5) is 0 Å². The van der Waals surface area contributed by atoms with Crippen molar-refractivity contribution in [3.63, 3.8) is 0 Å². The highest BCUT2D eigenvalue weighted by Gasteiger charge is 2.44. The van der Waals surface area contributed by atoms with Crippen molar-refractivity contribution in [1.82, 2.24) is 20.9 Å². The number of ketones is 1. The summed E-state index contributed by atoms with van der Waals surface area (Å²) in [6.45, 7) is 5.98. The van der Waals surface area contributed by atoms with Crippen molar-refractivity contribution in [2.45, 2.75) is 206 Å². The van der Waals surface area contributed by atoms with Crippen LogP contribution in [0.25, 0.3) is 0 Å². The number of phosphoric ester groups is 1. The maximum Gasteiger partial charge on any atom is 0.524 e.